The third-order valence-corrected chi connectivity index (χ3v) is 8.54. The summed E-state index contributed by atoms with van der Waals surface area (Å²) < 4.78 is 5.55. The second kappa shape index (κ2) is 10.7. The first-order chi connectivity index (χ1) is 17.0. The highest BCUT2D eigenvalue weighted by molar-refractivity contribution is 6.06. The first kappa shape index (κ1) is 24.3. The number of carbonyl (C=O) groups excluding carboxylic acids is 3. The summed E-state index contributed by atoms with van der Waals surface area (Å²) in [4.78, 5) is 38.9. The molecule has 1 aromatic carbocycles. The minimum absolute atomic E-state index is 0.124. The van der Waals surface area contributed by atoms with Gasteiger partial charge in [-0.2, -0.15) is 0 Å². The van der Waals surface area contributed by atoms with Crippen molar-refractivity contribution in [2.45, 2.75) is 88.9 Å². The van der Waals surface area contributed by atoms with E-state index in [1.165, 1.54) is 6.42 Å². The molecule has 0 unspecified atom stereocenters. The highest BCUT2D eigenvalue weighted by Crippen LogP contribution is 2.36. The SMILES string of the molecule is NC1CCC([C@@H](CCC2CCOCC2)Nc2cccc3c2CN([C@@H]2CCC(=O)NC2=O)C3=O)CC1. The van der Waals surface area contributed by atoms with Crippen molar-refractivity contribution >= 4 is 23.4 Å². The summed E-state index contributed by atoms with van der Waals surface area (Å²) in [6, 6.07) is 5.89. The number of nitrogens with one attached hydrogen (secondary N) is 2. The van der Waals surface area contributed by atoms with Crippen LogP contribution in [-0.2, 0) is 20.9 Å². The number of piperidine rings is 1. The molecule has 2 atom stereocenters. The monoisotopic (exact) mass is 482 g/mol. The molecule has 0 bridgehead atoms. The van der Waals surface area contributed by atoms with Gasteiger partial charge in [-0.05, 0) is 81.8 Å². The minimum atomic E-state index is -0.593. The third-order valence-electron chi connectivity index (χ3n) is 8.54. The van der Waals surface area contributed by atoms with Crippen LogP contribution in [0.4, 0.5) is 5.69 Å². The van der Waals surface area contributed by atoms with Crippen LogP contribution in [0.3, 0.4) is 0 Å². The lowest BCUT2D eigenvalue weighted by atomic mass is 9.79. The molecule has 3 aliphatic heterocycles. The lowest BCUT2D eigenvalue weighted by molar-refractivity contribution is -0.136. The first-order valence-corrected chi connectivity index (χ1v) is 13.4. The van der Waals surface area contributed by atoms with Crippen molar-refractivity contribution in [2.24, 2.45) is 17.6 Å². The van der Waals surface area contributed by atoms with E-state index in [1.807, 2.05) is 12.1 Å². The predicted molar refractivity (Wildman–Crippen MR) is 133 cm³/mol. The molecule has 1 aromatic rings. The molecule has 0 radical (unpaired) electrons. The summed E-state index contributed by atoms with van der Waals surface area (Å²) in [7, 11) is 0. The number of imide groups is 1. The molecule has 4 N–H and O–H groups in total. The fourth-order valence-corrected chi connectivity index (χ4v) is 6.34. The van der Waals surface area contributed by atoms with E-state index in [2.05, 4.69) is 16.7 Å². The zero-order valence-electron chi connectivity index (χ0n) is 20.5. The zero-order valence-corrected chi connectivity index (χ0v) is 20.5. The average molecular weight is 483 g/mol. The smallest absolute Gasteiger partial charge is 0.255 e. The van der Waals surface area contributed by atoms with E-state index in [-0.39, 0.29) is 24.1 Å². The number of amides is 3. The van der Waals surface area contributed by atoms with Crippen LogP contribution in [0.25, 0.3) is 0 Å². The van der Waals surface area contributed by atoms with E-state index < -0.39 is 6.04 Å². The Hall–Kier alpha value is -2.45. The molecule has 1 saturated carbocycles. The standard InChI is InChI=1S/C27H38N4O4/c28-19-7-5-18(6-8-19)22(9-4-17-12-14-35-15-13-17)29-23-3-1-2-20-21(23)16-31(27(20)34)24-10-11-25(32)30-26(24)33/h1-3,17-19,22,24,29H,4-16,28H2,(H,30,32,33)/t18?,19?,22-,24-/m1/s1. The number of hydrogen-bond donors (Lipinski definition) is 3. The topological polar surface area (TPSA) is 114 Å². The van der Waals surface area contributed by atoms with Crippen molar-refractivity contribution in [1.29, 1.82) is 0 Å². The molecule has 190 valence electrons. The van der Waals surface area contributed by atoms with Gasteiger partial charge in [0, 0.05) is 55.1 Å². The maximum absolute atomic E-state index is 13.2. The van der Waals surface area contributed by atoms with Gasteiger partial charge in [-0.25, -0.2) is 0 Å². The summed E-state index contributed by atoms with van der Waals surface area (Å²) in [5, 5.41) is 6.25. The van der Waals surface area contributed by atoms with Crippen molar-refractivity contribution in [2.75, 3.05) is 18.5 Å². The molecule has 1 aliphatic carbocycles. The van der Waals surface area contributed by atoms with Crippen LogP contribution in [0.15, 0.2) is 18.2 Å². The van der Waals surface area contributed by atoms with E-state index in [1.54, 1.807) is 4.90 Å². The second-order valence-corrected chi connectivity index (χ2v) is 10.8. The van der Waals surface area contributed by atoms with Gasteiger partial charge >= 0.3 is 0 Å². The van der Waals surface area contributed by atoms with E-state index in [4.69, 9.17) is 10.5 Å². The van der Waals surface area contributed by atoms with Gasteiger partial charge in [0.05, 0.1) is 0 Å². The maximum Gasteiger partial charge on any atom is 0.255 e. The Kier molecular flexibility index (Phi) is 7.39. The van der Waals surface area contributed by atoms with Gasteiger partial charge < -0.3 is 20.7 Å². The van der Waals surface area contributed by atoms with Gasteiger partial charge in [-0.3, -0.25) is 19.7 Å². The van der Waals surface area contributed by atoms with Crippen LogP contribution in [0, 0.1) is 11.8 Å². The minimum Gasteiger partial charge on any atom is -0.382 e. The molecule has 3 fully saturated rings. The summed E-state index contributed by atoms with van der Waals surface area (Å²) in [6.07, 6.45) is 9.58. The Morgan fingerprint density at radius 2 is 1.83 bits per heavy atom. The molecule has 35 heavy (non-hydrogen) atoms. The molecule has 0 spiro atoms. The molecule has 4 aliphatic rings. The number of anilines is 1. The summed E-state index contributed by atoms with van der Waals surface area (Å²) >= 11 is 0. The summed E-state index contributed by atoms with van der Waals surface area (Å²) in [5.41, 5.74) is 8.83. The first-order valence-electron chi connectivity index (χ1n) is 13.4. The van der Waals surface area contributed by atoms with Gasteiger partial charge in [-0.1, -0.05) is 6.07 Å². The molecule has 5 rings (SSSR count). The van der Waals surface area contributed by atoms with Crippen LogP contribution in [0.1, 0.15) is 80.1 Å². The van der Waals surface area contributed by atoms with Crippen LogP contribution >= 0.6 is 0 Å². The predicted octanol–water partition coefficient (Wildman–Crippen LogP) is 2.95. The van der Waals surface area contributed by atoms with Crippen molar-refractivity contribution in [3.63, 3.8) is 0 Å². The molecule has 0 aromatic heterocycles. The van der Waals surface area contributed by atoms with Crippen molar-refractivity contribution in [3.8, 4) is 0 Å². The van der Waals surface area contributed by atoms with Crippen molar-refractivity contribution < 1.29 is 19.1 Å². The lowest BCUT2D eigenvalue weighted by Crippen LogP contribution is -2.52. The second-order valence-electron chi connectivity index (χ2n) is 10.8. The number of benzene rings is 1. The fraction of sp³-hybridized carbons (Fsp3) is 0.667. The molecular formula is C27H38N4O4. The largest absolute Gasteiger partial charge is 0.382 e. The van der Waals surface area contributed by atoms with E-state index >= 15 is 0 Å². The van der Waals surface area contributed by atoms with E-state index in [0.717, 1.165) is 69.4 Å². The summed E-state index contributed by atoms with van der Waals surface area (Å²) in [6.45, 7) is 2.13. The Morgan fingerprint density at radius 3 is 2.57 bits per heavy atom. The Labute approximate surface area is 207 Å². The normalized spacial score (nSPS) is 28.5. The average Bonchev–Trinajstić information content (AvgIpc) is 3.20. The number of nitrogens with two attached hydrogens (primary N) is 1. The molecule has 3 amide bonds. The van der Waals surface area contributed by atoms with Crippen LogP contribution < -0.4 is 16.4 Å². The number of carbonyl (C=O) groups is 3. The Bertz CT molecular complexity index is 952. The Balaban J connectivity index is 1.32. The molecule has 8 nitrogen and oxygen atoms in total. The number of nitrogens with zero attached hydrogens (tertiary/aromatic N) is 1. The van der Waals surface area contributed by atoms with Gasteiger partial charge in [0.2, 0.25) is 11.8 Å². The third kappa shape index (κ3) is 5.38. The highest BCUT2D eigenvalue weighted by atomic mass is 16.5. The summed E-state index contributed by atoms with van der Waals surface area (Å²) in [5.74, 6) is 0.515. The van der Waals surface area contributed by atoms with Crippen molar-refractivity contribution in [1.82, 2.24) is 10.2 Å². The molecule has 3 heterocycles. The van der Waals surface area contributed by atoms with Gasteiger partial charge in [0.1, 0.15) is 6.04 Å². The molecule has 2 saturated heterocycles. The van der Waals surface area contributed by atoms with Gasteiger partial charge in [-0.15, -0.1) is 0 Å². The number of rotatable bonds is 7. The highest BCUT2D eigenvalue weighted by Gasteiger charge is 2.40. The lowest BCUT2D eigenvalue weighted by Gasteiger charge is -2.35. The van der Waals surface area contributed by atoms with E-state index in [9.17, 15) is 14.4 Å². The van der Waals surface area contributed by atoms with Crippen LogP contribution in [0.5, 0.6) is 0 Å². The molecule has 8 heteroatoms. The number of hydrogen-bond acceptors (Lipinski definition) is 6. The quantitative estimate of drug-likeness (QED) is 0.515. The van der Waals surface area contributed by atoms with Crippen LogP contribution in [0.2, 0.25) is 0 Å². The fourth-order valence-electron chi connectivity index (χ4n) is 6.34. The number of ether oxygens (including phenoxy) is 1. The van der Waals surface area contributed by atoms with Crippen molar-refractivity contribution in [3.05, 3.63) is 29.3 Å². The van der Waals surface area contributed by atoms with Crippen LogP contribution in [-0.4, -0.2) is 54.0 Å². The number of fused-ring (bicyclic) bond motifs is 1. The molecular weight excluding hydrogens is 444 g/mol. The Morgan fingerprint density at radius 1 is 1.06 bits per heavy atom. The van der Waals surface area contributed by atoms with Gasteiger partial charge in [0.15, 0.2) is 0 Å². The zero-order chi connectivity index (χ0) is 24.4. The maximum atomic E-state index is 13.2. The van der Waals surface area contributed by atoms with Gasteiger partial charge in [0.25, 0.3) is 5.91 Å². The van der Waals surface area contributed by atoms with E-state index in [0.29, 0.717) is 42.4 Å².